The van der Waals surface area contributed by atoms with Crippen LogP contribution in [0.3, 0.4) is 0 Å². The molecule has 0 radical (unpaired) electrons. The van der Waals surface area contributed by atoms with E-state index >= 15 is 0 Å². The van der Waals surface area contributed by atoms with Crippen molar-refractivity contribution in [1.82, 2.24) is 9.80 Å². The van der Waals surface area contributed by atoms with E-state index in [1.165, 1.54) is 6.92 Å². The molecule has 0 unspecified atom stereocenters. The minimum Gasteiger partial charge on any atom is -0.325 e. The lowest BCUT2D eigenvalue weighted by molar-refractivity contribution is -0.143. The fraction of sp³-hybridized carbons (Fsp3) is 0.312. The van der Waals surface area contributed by atoms with Crippen LogP contribution in [0.2, 0.25) is 0 Å². The zero-order valence-corrected chi connectivity index (χ0v) is 12.9. The summed E-state index contributed by atoms with van der Waals surface area (Å²) in [5, 5.41) is 2.52. The Hall–Kier alpha value is -3.03. The normalized spacial score (nSPS) is 17.5. The lowest BCUT2D eigenvalue weighted by atomic mass is 10.1. The van der Waals surface area contributed by atoms with E-state index in [0.29, 0.717) is 29.0 Å². The summed E-state index contributed by atoms with van der Waals surface area (Å²) in [7, 11) is 0. The molecule has 1 N–H and O–H groups in total. The fourth-order valence-corrected chi connectivity index (χ4v) is 2.45. The van der Waals surface area contributed by atoms with Crippen molar-refractivity contribution in [2.45, 2.75) is 25.8 Å². The Bertz CT molecular complexity index is 751. The molecule has 0 atom stereocenters. The molecular weight excluding hydrogens is 314 g/mol. The SMILES string of the molecule is CC(=O)c1ccc(NC(=O)CN2C(=O)C(=O)N(C3CC3)C2=O)cc1. The number of carbonyl (C=O) groups is 5. The van der Waals surface area contributed by atoms with E-state index in [1.54, 1.807) is 24.3 Å². The molecule has 8 heteroatoms. The predicted molar refractivity (Wildman–Crippen MR) is 82.1 cm³/mol. The standard InChI is InChI=1S/C16H15N3O5/c1-9(20)10-2-4-11(5-3-10)17-13(21)8-18-14(22)15(23)19(16(18)24)12-6-7-12/h2-5,12H,6-8H2,1H3,(H,17,21). The van der Waals surface area contributed by atoms with E-state index < -0.39 is 30.3 Å². The number of nitrogens with one attached hydrogen (secondary N) is 1. The van der Waals surface area contributed by atoms with Crippen molar-refractivity contribution in [2.75, 3.05) is 11.9 Å². The monoisotopic (exact) mass is 329 g/mol. The van der Waals surface area contributed by atoms with Gasteiger partial charge in [-0.05, 0) is 44.0 Å². The molecule has 1 aromatic carbocycles. The number of Topliss-reactive ketones (excluding diaryl/α,β-unsaturated/α-hetero) is 1. The van der Waals surface area contributed by atoms with E-state index in [2.05, 4.69) is 5.32 Å². The van der Waals surface area contributed by atoms with Crippen LogP contribution in [0.15, 0.2) is 24.3 Å². The smallest absolute Gasteiger partial charge is 0.325 e. The van der Waals surface area contributed by atoms with Gasteiger partial charge in [0.15, 0.2) is 5.78 Å². The van der Waals surface area contributed by atoms with Crippen LogP contribution in [0.25, 0.3) is 0 Å². The van der Waals surface area contributed by atoms with Gasteiger partial charge in [-0.15, -0.1) is 0 Å². The van der Waals surface area contributed by atoms with Gasteiger partial charge in [0.1, 0.15) is 6.54 Å². The van der Waals surface area contributed by atoms with Gasteiger partial charge in [0, 0.05) is 17.3 Å². The number of carbonyl (C=O) groups excluding carboxylic acids is 5. The van der Waals surface area contributed by atoms with Crippen molar-refractivity contribution in [2.24, 2.45) is 0 Å². The Morgan fingerprint density at radius 1 is 1.08 bits per heavy atom. The average molecular weight is 329 g/mol. The topological polar surface area (TPSA) is 104 Å². The first kappa shape index (κ1) is 15.9. The zero-order valence-electron chi connectivity index (χ0n) is 12.9. The molecule has 8 nitrogen and oxygen atoms in total. The first-order chi connectivity index (χ1) is 11.4. The van der Waals surface area contributed by atoms with Crippen LogP contribution in [0.5, 0.6) is 0 Å². The van der Waals surface area contributed by atoms with E-state index in [-0.39, 0.29) is 11.8 Å². The lowest BCUT2D eigenvalue weighted by Crippen LogP contribution is -2.39. The quantitative estimate of drug-likeness (QED) is 0.488. The molecule has 0 aromatic heterocycles. The van der Waals surface area contributed by atoms with Crippen LogP contribution in [0.1, 0.15) is 30.1 Å². The minimum absolute atomic E-state index is 0.0974. The van der Waals surface area contributed by atoms with E-state index in [9.17, 15) is 24.0 Å². The molecule has 3 rings (SSSR count). The first-order valence-corrected chi connectivity index (χ1v) is 7.48. The van der Waals surface area contributed by atoms with Gasteiger partial charge in [0.25, 0.3) is 0 Å². The molecule has 1 saturated heterocycles. The lowest BCUT2D eigenvalue weighted by Gasteiger charge is -2.14. The Morgan fingerprint density at radius 2 is 1.71 bits per heavy atom. The van der Waals surface area contributed by atoms with Gasteiger partial charge in [-0.25, -0.2) is 9.69 Å². The van der Waals surface area contributed by atoms with E-state index in [4.69, 9.17) is 0 Å². The molecule has 124 valence electrons. The Balaban J connectivity index is 1.64. The number of urea groups is 1. The maximum atomic E-state index is 12.1. The van der Waals surface area contributed by atoms with E-state index in [0.717, 1.165) is 4.90 Å². The van der Waals surface area contributed by atoms with Gasteiger partial charge in [0.2, 0.25) is 5.91 Å². The number of ketones is 1. The van der Waals surface area contributed by atoms with Crippen LogP contribution in [-0.2, 0) is 14.4 Å². The number of anilines is 1. The molecule has 5 amide bonds. The molecule has 0 bridgehead atoms. The molecule has 2 fully saturated rings. The number of nitrogens with zero attached hydrogens (tertiary/aromatic N) is 2. The summed E-state index contributed by atoms with van der Waals surface area (Å²) in [4.78, 5) is 60.6. The molecule has 1 aromatic rings. The van der Waals surface area contributed by atoms with Crippen molar-refractivity contribution in [3.8, 4) is 0 Å². The summed E-state index contributed by atoms with van der Waals surface area (Å²) in [6.45, 7) is 0.905. The molecule has 1 heterocycles. The second-order valence-electron chi connectivity index (χ2n) is 5.76. The zero-order chi connectivity index (χ0) is 17.4. The van der Waals surface area contributed by atoms with Crippen molar-refractivity contribution < 1.29 is 24.0 Å². The van der Waals surface area contributed by atoms with Crippen molar-refractivity contribution in [3.63, 3.8) is 0 Å². The molecule has 1 saturated carbocycles. The Kier molecular flexibility index (Phi) is 3.88. The summed E-state index contributed by atoms with van der Waals surface area (Å²) in [5.41, 5.74) is 0.929. The van der Waals surface area contributed by atoms with Crippen LogP contribution in [-0.4, -0.2) is 51.9 Å². The third-order valence-corrected chi connectivity index (χ3v) is 3.87. The molecule has 24 heavy (non-hydrogen) atoms. The second-order valence-corrected chi connectivity index (χ2v) is 5.76. The minimum atomic E-state index is -0.978. The van der Waals surface area contributed by atoms with Gasteiger partial charge in [-0.1, -0.05) is 0 Å². The van der Waals surface area contributed by atoms with Crippen LogP contribution in [0, 0.1) is 0 Å². The third kappa shape index (κ3) is 2.90. The van der Waals surface area contributed by atoms with Gasteiger partial charge in [0.05, 0.1) is 0 Å². The summed E-state index contributed by atoms with van der Waals surface area (Å²) in [5.74, 6) is -2.55. The fourth-order valence-electron chi connectivity index (χ4n) is 2.45. The highest BCUT2D eigenvalue weighted by molar-refractivity contribution is 6.45. The summed E-state index contributed by atoms with van der Waals surface area (Å²) in [6.07, 6.45) is 1.38. The maximum absolute atomic E-state index is 12.1. The Labute approximate surface area is 137 Å². The number of imide groups is 2. The molecule has 2 aliphatic rings. The average Bonchev–Trinajstić information content (AvgIpc) is 3.34. The number of rotatable bonds is 5. The molecule has 0 spiro atoms. The highest BCUT2D eigenvalue weighted by atomic mass is 16.2. The summed E-state index contributed by atoms with van der Waals surface area (Å²) < 4.78 is 0. The third-order valence-electron chi connectivity index (χ3n) is 3.87. The van der Waals surface area contributed by atoms with Gasteiger partial charge < -0.3 is 5.32 Å². The first-order valence-electron chi connectivity index (χ1n) is 7.48. The highest BCUT2D eigenvalue weighted by Gasteiger charge is 2.51. The largest absolute Gasteiger partial charge is 0.334 e. The molecule has 1 aliphatic carbocycles. The van der Waals surface area contributed by atoms with Gasteiger partial charge in [-0.2, -0.15) is 0 Å². The van der Waals surface area contributed by atoms with Gasteiger partial charge >= 0.3 is 17.8 Å². The van der Waals surface area contributed by atoms with Crippen molar-refractivity contribution >= 4 is 35.2 Å². The van der Waals surface area contributed by atoms with Crippen LogP contribution >= 0.6 is 0 Å². The number of hydrogen-bond acceptors (Lipinski definition) is 5. The van der Waals surface area contributed by atoms with Crippen molar-refractivity contribution in [3.05, 3.63) is 29.8 Å². The van der Waals surface area contributed by atoms with Crippen LogP contribution < -0.4 is 5.32 Å². The van der Waals surface area contributed by atoms with Crippen LogP contribution in [0.4, 0.5) is 10.5 Å². The maximum Gasteiger partial charge on any atom is 0.334 e. The summed E-state index contributed by atoms with van der Waals surface area (Å²) >= 11 is 0. The number of amides is 5. The number of benzene rings is 1. The van der Waals surface area contributed by atoms with Gasteiger partial charge in [-0.3, -0.25) is 24.1 Å². The van der Waals surface area contributed by atoms with E-state index in [1.807, 2.05) is 0 Å². The predicted octanol–water partition coefficient (Wildman–Crippen LogP) is 0.781. The Morgan fingerprint density at radius 3 is 2.25 bits per heavy atom. The second kappa shape index (κ2) is 5.88. The molecule has 1 aliphatic heterocycles. The highest BCUT2D eigenvalue weighted by Crippen LogP contribution is 2.30. The summed E-state index contributed by atoms with van der Waals surface area (Å²) in [6, 6.07) is 5.24. The molecular formula is C16H15N3O5. The number of hydrogen-bond donors (Lipinski definition) is 1. The van der Waals surface area contributed by atoms with Crippen molar-refractivity contribution in [1.29, 1.82) is 0 Å².